The van der Waals surface area contributed by atoms with E-state index in [0.717, 1.165) is 60.8 Å². The van der Waals surface area contributed by atoms with E-state index in [1.54, 1.807) is 11.3 Å². The lowest BCUT2D eigenvalue weighted by Gasteiger charge is -2.23. The minimum Gasteiger partial charge on any atom is -0.381 e. The van der Waals surface area contributed by atoms with E-state index in [1.807, 2.05) is 10.9 Å². The number of hydrogen-bond donors (Lipinski definition) is 2. The van der Waals surface area contributed by atoms with Crippen LogP contribution in [0.2, 0.25) is 0 Å². The van der Waals surface area contributed by atoms with Gasteiger partial charge in [-0.3, -0.25) is 9.48 Å². The molecular weight excluding hydrogens is 410 g/mol. The Bertz CT molecular complexity index is 957. The van der Waals surface area contributed by atoms with E-state index in [0.29, 0.717) is 24.3 Å². The summed E-state index contributed by atoms with van der Waals surface area (Å²) >= 11 is 1.67. The summed E-state index contributed by atoms with van der Waals surface area (Å²) in [5, 5.41) is 20.5. The van der Waals surface area contributed by atoms with Crippen LogP contribution in [-0.2, 0) is 22.5 Å². The molecule has 0 unspecified atom stereocenters. The molecule has 2 bridgehead atoms. The number of fused-ring (bicyclic) bond motifs is 2. The van der Waals surface area contributed by atoms with Gasteiger partial charge in [0.2, 0.25) is 5.91 Å². The molecule has 164 valence electrons. The summed E-state index contributed by atoms with van der Waals surface area (Å²) in [5.41, 5.74) is 1.10. The Hall–Kier alpha value is -2.21. The van der Waals surface area contributed by atoms with Crippen LogP contribution in [0.5, 0.6) is 0 Å². The first kappa shape index (κ1) is 20.7. The zero-order valence-electron chi connectivity index (χ0n) is 17.6. The number of carbonyl (C=O) groups excluding carboxylic acids is 1. The molecule has 2 aromatic rings. The van der Waals surface area contributed by atoms with Gasteiger partial charge in [-0.05, 0) is 56.1 Å². The summed E-state index contributed by atoms with van der Waals surface area (Å²) < 4.78 is 7.47. The van der Waals surface area contributed by atoms with Crippen molar-refractivity contribution in [3.8, 4) is 16.5 Å². The molecule has 1 aliphatic carbocycles. The normalized spacial score (nSPS) is 26.6. The number of ether oxygens (including phenoxy) is 1. The highest BCUT2D eigenvalue weighted by atomic mass is 32.1. The summed E-state index contributed by atoms with van der Waals surface area (Å²) in [7, 11) is 0. The molecule has 1 saturated carbocycles. The molecule has 2 N–H and O–H groups in total. The third-order valence-corrected chi connectivity index (χ3v) is 8.04. The average molecular weight is 440 g/mol. The number of nitrogens with zero attached hydrogens (tertiary/aromatic N) is 3. The molecule has 0 spiro atoms. The Balaban J connectivity index is 1.17. The number of nitriles is 1. The molecule has 0 aromatic carbocycles. The lowest BCUT2D eigenvalue weighted by molar-refractivity contribution is -0.124. The first-order valence-corrected chi connectivity index (χ1v) is 12.1. The SMILES string of the molecule is N#C[C@H](Cc1ccc(-c2cnn(CC3CCOCC3)c2)s1)NC(=O)[C@H]1N[C@H]2CC[C@H]1C2. The zero-order valence-corrected chi connectivity index (χ0v) is 18.4. The Morgan fingerprint density at radius 2 is 2.23 bits per heavy atom. The van der Waals surface area contributed by atoms with Crippen LogP contribution in [0.15, 0.2) is 24.5 Å². The number of carbonyl (C=O) groups is 1. The van der Waals surface area contributed by atoms with E-state index in [-0.39, 0.29) is 11.9 Å². The molecular formula is C23H29N5O2S. The first-order valence-electron chi connectivity index (χ1n) is 11.3. The van der Waals surface area contributed by atoms with Crippen molar-refractivity contribution in [2.75, 3.05) is 13.2 Å². The second-order valence-corrected chi connectivity index (χ2v) is 10.2. The summed E-state index contributed by atoms with van der Waals surface area (Å²) in [5.74, 6) is 1.03. The molecule has 31 heavy (non-hydrogen) atoms. The van der Waals surface area contributed by atoms with E-state index in [1.165, 1.54) is 6.42 Å². The van der Waals surface area contributed by atoms with Crippen molar-refractivity contribution < 1.29 is 9.53 Å². The highest BCUT2D eigenvalue weighted by Gasteiger charge is 2.43. The molecule has 3 fully saturated rings. The van der Waals surface area contributed by atoms with Gasteiger partial charge in [0.05, 0.1) is 18.3 Å². The van der Waals surface area contributed by atoms with Gasteiger partial charge in [-0.1, -0.05) is 0 Å². The molecule has 1 amide bonds. The summed E-state index contributed by atoms with van der Waals surface area (Å²) in [4.78, 5) is 14.9. The minimum atomic E-state index is -0.504. The van der Waals surface area contributed by atoms with Crippen molar-refractivity contribution in [2.24, 2.45) is 11.8 Å². The highest BCUT2D eigenvalue weighted by molar-refractivity contribution is 7.15. The molecule has 8 heteroatoms. The van der Waals surface area contributed by atoms with Gasteiger partial charge < -0.3 is 15.4 Å². The van der Waals surface area contributed by atoms with Crippen LogP contribution in [0.4, 0.5) is 0 Å². The second-order valence-electron chi connectivity index (χ2n) is 9.08. The number of nitrogens with one attached hydrogen (secondary N) is 2. The van der Waals surface area contributed by atoms with Crippen LogP contribution in [0.1, 0.15) is 37.0 Å². The van der Waals surface area contributed by atoms with Crippen molar-refractivity contribution in [1.82, 2.24) is 20.4 Å². The Labute approximate surface area is 186 Å². The van der Waals surface area contributed by atoms with Crippen LogP contribution in [0.3, 0.4) is 0 Å². The molecule has 0 radical (unpaired) electrons. The van der Waals surface area contributed by atoms with Crippen molar-refractivity contribution in [1.29, 1.82) is 5.26 Å². The summed E-state index contributed by atoms with van der Waals surface area (Å²) in [6, 6.07) is 6.26. The van der Waals surface area contributed by atoms with E-state index in [2.05, 4.69) is 40.1 Å². The third-order valence-electron chi connectivity index (χ3n) is 6.89. The average Bonchev–Trinajstić information content (AvgIpc) is 3.58. The maximum absolute atomic E-state index is 12.6. The van der Waals surface area contributed by atoms with E-state index in [4.69, 9.17) is 4.74 Å². The van der Waals surface area contributed by atoms with Gasteiger partial charge in [-0.2, -0.15) is 10.4 Å². The van der Waals surface area contributed by atoms with Crippen molar-refractivity contribution in [3.05, 3.63) is 29.4 Å². The maximum Gasteiger partial charge on any atom is 0.238 e. The van der Waals surface area contributed by atoms with Crippen LogP contribution < -0.4 is 10.6 Å². The predicted octanol–water partition coefficient (Wildman–Crippen LogP) is 2.73. The van der Waals surface area contributed by atoms with Gasteiger partial charge in [0.25, 0.3) is 0 Å². The van der Waals surface area contributed by atoms with E-state index in [9.17, 15) is 10.1 Å². The van der Waals surface area contributed by atoms with Gasteiger partial charge in [0.1, 0.15) is 6.04 Å². The van der Waals surface area contributed by atoms with Crippen LogP contribution in [-0.4, -0.2) is 47.0 Å². The fraction of sp³-hybridized carbons (Fsp3) is 0.609. The fourth-order valence-electron chi connectivity index (χ4n) is 5.17. The molecule has 7 nitrogen and oxygen atoms in total. The van der Waals surface area contributed by atoms with Gasteiger partial charge in [0.15, 0.2) is 0 Å². The Morgan fingerprint density at radius 3 is 2.97 bits per heavy atom. The minimum absolute atomic E-state index is 0.0232. The number of thiophene rings is 1. The number of piperidine rings is 1. The maximum atomic E-state index is 12.6. The number of aromatic nitrogens is 2. The third kappa shape index (κ3) is 4.69. The first-order chi connectivity index (χ1) is 15.2. The van der Waals surface area contributed by atoms with Crippen molar-refractivity contribution >= 4 is 17.2 Å². The Kier molecular flexibility index (Phi) is 6.08. The topological polar surface area (TPSA) is 92.0 Å². The molecule has 4 heterocycles. The molecule has 3 aliphatic rings. The zero-order chi connectivity index (χ0) is 21.2. The lowest BCUT2D eigenvalue weighted by atomic mass is 9.99. The summed E-state index contributed by atoms with van der Waals surface area (Å²) in [6.07, 6.45) is 10.1. The summed E-state index contributed by atoms with van der Waals surface area (Å²) in [6.45, 7) is 2.63. The van der Waals surface area contributed by atoms with Crippen molar-refractivity contribution in [3.63, 3.8) is 0 Å². The van der Waals surface area contributed by atoms with Gasteiger partial charge in [0, 0.05) is 53.7 Å². The molecule has 2 saturated heterocycles. The van der Waals surface area contributed by atoms with Crippen molar-refractivity contribution in [2.45, 2.75) is 63.2 Å². The van der Waals surface area contributed by atoms with E-state index >= 15 is 0 Å². The lowest BCUT2D eigenvalue weighted by Crippen LogP contribution is -2.50. The number of rotatable bonds is 7. The number of amides is 1. The molecule has 5 rings (SSSR count). The van der Waals surface area contributed by atoms with E-state index < -0.39 is 6.04 Å². The highest BCUT2D eigenvalue weighted by Crippen LogP contribution is 2.35. The largest absolute Gasteiger partial charge is 0.381 e. The standard InChI is InChI=1S/C23H29N5O2S/c24-11-19(27-23(29)22-16-1-2-18(9-16)26-22)10-20-3-4-21(31-20)17-12-25-28(14-17)13-15-5-7-30-8-6-15/h3-4,12,14-16,18-19,22,26H,1-2,5-10,13H2,(H,27,29)/t16-,18-,19-,22-/m0/s1. The Morgan fingerprint density at radius 1 is 1.35 bits per heavy atom. The van der Waals surface area contributed by atoms with Gasteiger partial charge in [-0.15, -0.1) is 11.3 Å². The van der Waals surface area contributed by atoms with Crippen LogP contribution >= 0.6 is 11.3 Å². The molecule has 2 aromatic heterocycles. The van der Waals surface area contributed by atoms with Gasteiger partial charge >= 0.3 is 0 Å². The molecule has 2 aliphatic heterocycles. The molecule has 4 atom stereocenters. The number of hydrogen-bond acceptors (Lipinski definition) is 6. The van der Waals surface area contributed by atoms with Crippen LogP contribution in [0.25, 0.3) is 10.4 Å². The predicted molar refractivity (Wildman–Crippen MR) is 118 cm³/mol. The monoisotopic (exact) mass is 439 g/mol. The van der Waals surface area contributed by atoms with Crippen LogP contribution in [0, 0.1) is 23.2 Å². The smallest absolute Gasteiger partial charge is 0.238 e. The quantitative estimate of drug-likeness (QED) is 0.692. The fourth-order valence-corrected chi connectivity index (χ4v) is 6.20. The second kappa shape index (κ2) is 9.11. The van der Waals surface area contributed by atoms with Gasteiger partial charge in [-0.25, -0.2) is 0 Å².